The highest BCUT2D eigenvalue weighted by atomic mass is 19.1. The van der Waals surface area contributed by atoms with E-state index < -0.39 is 11.4 Å². The van der Waals surface area contributed by atoms with Gasteiger partial charge in [0, 0.05) is 24.6 Å². The van der Waals surface area contributed by atoms with Crippen LogP contribution in [-0.2, 0) is 4.74 Å². The predicted octanol–water partition coefficient (Wildman–Crippen LogP) is 3.66. The van der Waals surface area contributed by atoms with Gasteiger partial charge in [-0.15, -0.1) is 0 Å². The summed E-state index contributed by atoms with van der Waals surface area (Å²) in [7, 11) is 0. The van der Waals surface area contributed by atoms with Gasteiger partial charge in [0.05, 0.1) is 0 Å². The molecule has 1 heterocycles. The van der Waals surface area contributed by atoms with Gasteiger partial charge < -0.3 is 9.64 Å². The first-order valence-corrected chi connectivity index (χ1v) is 7.54. The maximum atomic E-state index is 13.2. The van der Waals surface area contributed by atoms with Crippen molar-refractivity contribution in [2.24, 2.45) is 5.92 Å². The zero-order chi connectivity index (χ0) is 16.3. The number of benzene rings is 1. The molecule has 2 rings (SSSR count). The van der Waals surface area contributed by atoms with Gasteiger partial charge in [0.25, 0.3) is 0 Å². The number of Topliss-reactive ketones (excluding diaryl/α,β-unsaturated/α-hetero) is 1. The van der Waals surface area contributed by atoms with Gasteiger partial charge in [-0.1, -0.05) is 12.1 Å². The minimum absolute atomic E-state index is 0.0525. The number of carbonyl (C=O) groups excluding carboxylic acids is 2. The van der Waals surface area contributed by atoms with Gasteiger partial charge in [0.1, 0.15) is 11.4 Å². The fraction of sp³-hybridized carbons (Fsp3) is 0.529. The first-order chi connectivity index (χ1) is 10.3. The molecule has 0 radical (unpaired) electrons. The lowest BCUT2D eigenvalue weighted by molar-refractivity contribution is 0.0182. The van der Waals surface area contributed by atoms with E-state index in [4.69, 9.17) is 4.74 Å². The monoisotopic (exact) mass is 307 g/mol. The van der Waals surface area contributed by atoms with Crippen molar-refractivity contribution in [1.82, 2.24) is 4.90 Å². The number of nitrogens with zero attached hydrogens (tertiary/aromatic N) is 1. The number of amides is 1. The average Bonchev–Trinajstić information content (AvgIpc) is 2.45. The number of piperidine rings is 1. The van der Waals surface area contributed by atoms with E-state index in [1.807, 2.05) is 20.8 Å². The van der Waals surface area contributed by atoms with Crippen LogP contribution in [0.4, 0.5) is 9.18 Å². The Kier molecular flexibility index (Phi) is 4.84. The smallest absolute Gasteiger partial charge is 0.410 e. The van der Waals surface area contributed by atoms with Crippen LogP contribution >= 0.6 is 0 Å². The number of ether oxygens (including phenoxy) is 1. The summed E-state index contributed by atoms with van der Waals surface area (Å²) >= 11 is 0. The lowest BCUT2D eigenvalue weighted by Crippen LogP contribution is -2.43. The Labute approximate surface area is 130 Å². The highest BCUT2D eigenvalue weighted by molar-refractivity contribution is 5.98. The van der Waals surface area contributed by atoms with Crippen molar-refractivity contribution in [2.45, 2.75) is 39.2 Å². The quantitative estimate of drug-likeness (QED) is 0.783. The second-order valence-electron chi connectivity index (χ2n) is 6.62. The van der Waals surface area contributed by atoms with Gasteiger partial charge in [-0.2, -0.15) is 0 Å². The van der Waals surface area contributed by atoms with E-state index in [0.29, 0.717) is 31.5 Å². The van der Waals surface area contributed by atoms with E-state index in [-0.39, 0.29) is 17.8 Å². The first-order valence-electron chi connectivity index (χ1n) is 7.54. The number of hydrogen-bond acceptors (Lipinski definition) is 3. The van der Waals surface area contributed by atoms with Crippen LogP contribution in [-0.4, -0.2) is 35.5 Å². The zero-order valence-corrected chi connectivity index (χ0v) is 13.3. The minimum atomic E-state index is -0.523. The molecular weight excluding hydrogens is 285 g/mol. The summed E-state index contributed by atoms with van der Waals surface area (Å²) in [5.74, 6) is -0.624. The Balaban J connectivity index is 1.92. The van der Waals surface area contributed by atoms with Crippen LogP contribution in [0.5, 0.6) is 0 Å². The number of halogens is 1. The highest BCUT2D eigenvalue weighted by Crippen LogP contribution is 2.23. The first kappa shape index (κ1) is 16.5. The van der Waals surface area contributed by atoms with Crippen molar-refractivity contribution in [3.63, 3.8) is 0 Å². The highest BCUT2D eigenvalue weighted by Gasteiger charge is 2.30. The third kappa shape index (κ3) is 4.29. The van der Waals surface area contributed by atoms with Gasteiger partial charge in [0.15, 0.2) is 5.78 Å². The second-order valence-corrected chi connectivity index (χ2v) is 6.62. The molecule has 120 valence electrons. The minimum Gasteiger partial charge on any atom is -0.444 e. The SMILES string of the molecule is CC(C)(C)OC(=O)N1CCC(C(=O)c2cccc(F)c2)CC1. The fourth-order valence-corrected chi connectivity index (χ4v) is 2.53. The Hall–Kier alpha value is -1.91. The summed E-state index contributed by atoms with van der Waals surface area (Å²) in [5.41, 5.74) is -0.124. The van der Waals surface area contributed by atoms with Crippen LogP contribution in [0.2, 0.25) is 0 Å². The van der Waals surface area contributed by atoms with Crippen molar-refractivity contribution in [3.05, 3.63) is 35.6 Å². The molecule has 4 nitrogen and oxygen atoms in total. The third-order valence-corrected chi connectivity index (χ3v) is 3.63. The van der Waals surface area contributed by atoms with Gasteiger partial charge in [0.2, 0.25) is 0 Å². The van der Waals surface area contributed by atoms with E-state index >= 15 is 0 Å². The Morgan fingerprint density at radius 2 is 1.86 bits per heavy atom. The Bertz CT molecular complexity index is 557. The van der Waals surface area contributed by atoms with Gasteiger partial charge >= 0.3 is 6.09 Å². The Morgan fingerprint density at radius 3 is 2.41 bits per heavy atom. The van der Waals surface area contributed by atoms with Gasteiger partial charge in [-0.05, 0) is 45.7 Å². The molecule has 0 spiro atoms. The van der Waals surface area contributed by atoms with Crippen molar-refractivity contribution in [2.75, 3.05) is 13.1 Å². The summed E-state index contributed by atoms with van der Waals surface area (Å²) in [6.07, 6.45) is 0.813. The number of rotatable bonds is 2. The topological polar surface area (TPSA) is 46.6 Å². The van der Waals surface area contributed by atoms with E-state index in [2.05, 4.69) is 0 Å². The summed E-state index contributed by atoms with van der Waals surface area (Å²) in [5, 5.41) is 0. The molecule has 22 heavy (non-hydrogen) atoms. The summed E-state index contributed by atoms with van der Waals surface area (Å²) in [4.78, 5) is 26.0. The molecule has 1 fully saturated rings. The van der Waals surface area contributed by atoms with Crippen LogP contribution in [0, 0.1) is 11.7 Å². The average molecular weight is 307 g/mol. The molecule has 0 aliphatic carbocycles. The van der Waals surface area contributed by atoms with Crippen molar-refractivity contribution in [1.29, 1.82) is 0 Å². The molecule has 1 aliphatic rings. The molecule has 1 saturated heterocycles. The molecule has 1 amide bonds. The number of ketones is 1. The fourth-order valence-electron chi connectivity index (χ4n) is 2.53. The molecule has 0 saturated carbocycles. The maximum absolute atomic E-state index is 13.2. The summed E-state index contributed by atoms with van der Waals surface area (Å²) in [6.45, 7) is 6.45. The van der Waals surface area contributed by atoms with Crippen molar-refractivity contribution >= 4 is 11.9 Å². The zero-order valence-electron chi connectivity index (χ0n) is 13.3. The number of likely N-dealkylation sites (tertiary alicyclic amines) is 1. The molecule has 0 unspecified atom stereocenters. The van der Waals surface area contributed by atoms with Crippen molar-refractivity contribution in [3.8, 4) is 0 Å². The lowest BCUT2D eigenvalue weighted by Gasteiger charge is -2.32. The van der Waals surface area contributed by atoms with Crippen LogP contribution in [0.25, 0.3) is 0 Å². The summed E-state index contributed by atoms with van der Waals surface area (Å²) < 4.78 is 18.5. The molecule has 1 aliphatic heterocycles. The second kappa shape index (κ2) is 6.46. The number of carbonyl (C=O) groups is 2. The van der Waals surface area contributed by atoms with Crippen LogP contribution in [0.15, 0.2) is 24.3 Å². The largest absolute Gasteiger partial charge is 0.444 e. The molecule has 1 aromatic rings. The van der Waals surface area contributed by atoms with Crippen LogP contribution < -0.4 is 0 Å². The molecule has 1 aromatic carbocycles. The van der Waals surface area contributed by atoms with E-state index in [9.17, 15) is 14.0 Å². The predicted molar refractivity (Wildman–Crippen MR) is 81.3 cm³/mol. The number of hydrogen-bond donors (Lipinski definition) is 0. The molecular formula is C17H22FNO3. The molecule has 0 bridgehead atoms. The molecule has 5 heteroatoms. The Morgan fingerprint density at radius 1 is 1.23 bits per heavy atom. The van der Waals surface area contributed by atoms with Crippen LogP contribution in [0.1, 0.15) is 44.0 Å². The maximum Gasteiger partial charge on any atom is 0.410 e. The normalized spacial score (nSPS) is 16.5. The van der Waals surface area contributed by atoms with E-state index in [1.165, 1.54) is 12.1 Å². The van der Waals surface area contributed by atoms with Gasteiger partial charge in [-0.3, -0.25) is 4.79 Å². The molecule has 0 N–H and O–H groups in total. The molecule has 0 aromatic heterocycles. The van der Waals surface area contributed by atoms with Crippen LogP contribution in [0.3, 0.4) is 0 Å². The van der Waals surface area contributed by atoms with Crippen molar-refractivity contribution < 1.29 is 18.7 Å². The standard InChI is InChI=1S/C17H22FNO3/c1-17(2,3)22-16(21)19-9-7-12(8-10-19)15(20)13-5-4-6-14(18)11-13/h4-6,11-12H,7-10H2,1-3H3. The van der Waals surface area contributed by atoms with E-state index in [0.717, 1.165) is 0 Å². The van der Waals surface area contributed by atoms with E-state index in [1.54, 1.807) is 17.0 Å². The summed E-state index contributed by atoms with van der Waals surface area (Å²) in [6, 6.07) is 5.76. The molecule has 0 atom stereocenters. The lowest BCUT2D eigenvalue weighted by atomic mass is 9.89. The third-order valence-electron chi connectivity index (χ3n) is 3.63. The van der Waals surface area contributed by atoms with Gasteiger partial charge in [-0.25, -0.2) is 9.18 Å².